The summed E-state index contributed by atoms with van der Waals surface area (Å²) in [5.41, 5.74) is 0. The fourth-order valence-corrected chi connectivity index (χ4v) is 17.4. The topological polar surface area (TPSA) is 35.6 Å². The van der Waals surface area contributed by atoms with Crippen LogP contribution in [0.4, 0.5) is 0 Å². The van der Waals surface area contributed by atoms with Gasteiger partial charge in [0.1, 0.15) is 0 Å². The second kappa shape index (κ2) is 28.3. The summed E-state index contributed by atoms with van der Waals surface area (Å²) < 4.78 is 0. The van der Waals surface area contributed by atoms with Crippen molar-refractivity contribution in [2.75, 3.05) is 107 Å². The van der Waals surface area contributed by atoms with E-state index in [9.17, 15) is 0 Å². The summed E-state index contributed by atoms with van der Waals surface area (Å²) in [6.07, 6.45) is 24.5. The van der Waals surface area contributed by atoms with Gasteiger partial charge in [0.15, 0.2) is 0 Å². The van der Waals surface area contributed by atoms with E-state index < -0.39 is 0 Å². The molecule has 11 heteroatoms. The summed E-state index contributed by atoms with van der Waals surface area (Å²) in [6, 6.07) is 14.0. The van der Waals surface area contributed by atoms with Crippen LogP contribution in [0, 0.1) is 5.92 Å². The molecule has 10 unspecified atom stereocenters. The van der Waals surface area contributed by atoms with E-state index in [-0.39, 0.29) is 0 Å². The SMILES string of the molecule is CC(C)N1C2CCC1CN(C)C2.CC(C)N1C2CCC1CN(C)C2.CC(C)N1C2CCC1CN(C)CC2.CC(C)N1CC2CCC(C1)N2C.CC(C)N1CCC2CCC(C1)N2C.CC(C)N1CCC2CCC1CC2. The van der Waals surface area contributed by atoms with Gasteiger partial charge in [-0.1, -0.05) is 0 Å². The maximum atomic E-state index is 2.75. The minimum absolute atomic E-state index is 0.729. The Balaban J connectivity index is 0.000000130. The zero-order valence-electron chi connectivity index (χ0n) is 52.1. The van der Waals surface area contributed by atoms with Crippen LogP contribution >= 0.6 is 0 Å². The molecule has 13 fully saturated rings. The van der Waals surface area contributed by atoms with Crippen LogP contribution in [-0.2, 0) is 0 Å². The Morgan fingerprint density at radius 1 is 0.243 bits per heavy atom. The van der Waals surface area contributed by atoms with E-state index in [1.807, 2.05) is 0 Å². The van der Waals surface area contributed by atoms with Gasteiger partial charge < -0.3 is 14.7 Å². The number of hydrogen-bond acceptors (Lipinski definition) is 11. The van der Waals surface area contributed by atoms with E-state index >= 15 is 0 Å². The molecule has 12 saturated heterocycles. The molecule has 10 atom stereocenters. The lowest BCUT2D eigenvalue weighted by Crippen LogP contribution is -2.54. The molecule has 1 aliphatic carbocycles. The summed E-state index contributed by atoms with van der Waals surface area (Å²) in [5.74, 6) is 1.07. The number of rotatable bonds is 6. The Morgan fingerprint density at radius 3 is 1.00 bits per heavy atom. The highest BCUT2D eigenvalue weighted by atomic mass is 15.3. The van der Waals surface area contributed by atoms with Crippen molar-refractivity contribution >= 4 is 0 Å². The van der Waals surface area contributed by atoms with Gasteiger partial charge in [0, 0.05) is 155 Å². The van der Waals surface area contributed by atoms with Crippen molar-refractivity contribution in [3.8, 4) is 0 Å². The van der Waals surface area contributed by atoms with Crippen LogP contribution in [0.1, 0.15) is 192 Å². The van der Waals surface area contributed by atoms with Crippen LogP contribution in [0.3, 0.4) is 0 Å². The molecule has 1 saturated carbocycles. The third-order valence-corrected chi connectivity index (χ3v) is 21.5. The van der Waals surface area contributed by atoms with E-state index in [1.54, 1.807) is 0 Å². The molecule has 432 valence electrons. The minimum Gasteiger partial charge on any atom is -0.305 e. The first-order valence-corrected chi connectivity index (χ1v) is 32.2. The lowest BCUT2D eigenvalue weighted by atomic mass is 9.86. The van der Waals surface area contributed by atoms with Gasteiger partial charge in [-0.05, 0) is 253 Å². The maximum absolute atomic E-state index is 2.75. The third-order valence-electron chi connectivity index (χ3n) is 21.5. The van der Waals surface area contributed by atoms with Crippen molar-refractivity contribution in [1.82, 2.24) is 53.9 Å². The van der Waals surface area contributed by atoms with E-state index in [0.717, 1.165) is 109 Å². The molecule has 0 spiro atoms. The second-order valence-corrected chi connectivity index (χ2v) is 28.6. The number of likely N-dealkylation sites (tertiary alicyclic amines) is 5. The molecule has 0 aromatic carbocycles. The Bertz CT molecular complexity index is 1520. The smallest absolute Gasteiger partial charge is 0.0229 e. The normalized spacial score (nSPS) is 37.5. The molecule has 0 amide bonds. The van der Waals surface area contributed by atoms with Crippen LogP contribution in [0.15, 0.2) is 0 Å². The third kappa shape index (κ3) is 15.9. The number of hydrogen-bond donors (Lipinski definition) is 0. The first-order chi connectivity index (χ1) is 35.2. The highest BCUT2D eigenvalue weighted by molar-refractivity contribution is 4.99. The Morgan fingerprint density at radius 2 is 0.581 bits per heavy atom. The lowest BCUT2D eigenvalue weighted by Gasteiger charge is -2.41. The van der Waals surface area contributed by atoms with Gasteiger partial charge in [-0.2, -0.15) is 0 Å². The number of likely N-dealkylation sites (N-methyl/N-ethyl adjacent to an activating group) is 5. The number of piperazine rings is 3. The largest absolute Gasteiger partial charge is 0.305 e. The van der Waals surface area contributed by atoms with Gasteiger partial charge in [0.05, 0.1) is 0 Å². The van der Waals surface area contributed by atoms with Crippen LogP contribution < -0.4 is 0 Å². The molecular formula is C63H125N11. The van der Waals surface area contributed by atoms with E-state index in [2.05, 4.69) is 172 Å². The van der Waals surface area contributed by atoms with Crippen molar-refractivity contribution in [2.24, 2.45) is 5.92 Å². The van der Waals surface area contributed by atoms with Crippen LogP contribution in [-0.4, -0.2) is 264 Å². The Kier molecular flexibility index (Phi) is 23.4. The van der Waals surface area contributed by atoms with Gasteiger partial charge in [0.25, 0.3) is 0 Å². The molecule has 13 aliphatic rings. The standard InChI is InChI=1S/2C11H22N2.C11H21N.3C10H20N2/c1-9(2)13-7-6-10-4-5-11(8-13)12(10)3;1-9(2)13-10-4-5-11(13)8-12(3)7-6-10;1-9(2)12-8-7-10-3-5-11(12)6-4-10;1-8(2)12-6-9-4-5-10(7-12)11(9)3;2*1-8(2)12-9-4-5-10(12)7-11(3)6-9/h2*9-11H,4-8H2,1-3H3;9-11H,3-8H2,1-2H3;3*8-10H,4-7H2,1-3H3. The monoisotopic (exact) mass is 1040 g/mol. The summed E-state index contributed by atoms with van der Waals surface area (Å²) >= 11 is 0. The molecule has 12 bridgehead atoms. The van der Waals surface area contributed by atoms with Gasteiger partial charge >= 0.3 is 0 Å². The molecule has 0 radical (unpaired) electrons. The highest BCUT2D eigenvalue weighted by Crippen LogP contribution is 2.37. The van der Waals surface area contributed by atoms with Gasteiger partial charge in [-0.15, -0.1) is 0 Å². The maximum Gasteiger partial charge on any atom is 0.0229 e. The number of nitrogens with zero attached hydrogens (tertiary/aromatic N) is 11. The first-order valence-electron chi connectivity index (χ1n) is 32.2. The number of fused-ring (bicyclic) bond motifs is 14. The van der Waals surface area contributed by atoms with E-state index in [0.29, 0.717) is 0 Å². The molecule has 11 nitrogen and oxygen atoms in total. The van der Waals surface area contributed by atoms with Crippen molar-refractivity contribution in [1.29, 1.82) is 0 Å². The molecule has 13 rings (SSSR count). The zero-order chi connectivity index (χ0) is 53.5. The predicted octanol–water partition coefficient (Wildman–Crippen LogP) is 9.31. The van der Waals surface area contributed by atoms with Crippen LogP contribution in [0.5, 0.6) is 0 Å². The summed E-state index contributed by atoms with van der Waals surface area (Å²) in [6.45, 7) is 42.3. The molecule has 0 aromatic rings. The van der Waals surface area contributed by atoms with Crippen LogP contribution in [0.25, 0.3) is 0 Å². The minimum atomic E-state index is 0.729. The average molecular weight is 1040 g/mol. The Hall–Kier alpha value is -0.440. The van der Waals surface area contributed by atoms with E-state index in [1.165, 1.54) is 181 Å². The van der Waals surface area contributed by atoms with E-state index in [4.69, 9.17) is 0 Å². The van der Waals surface area contributed by atoms with Crippen molar-refractivity contribution in [2.45, 2.75) is 295 Å². The van der Waals surface area contributed by atoms with Crippen molar-refractivity contribution in [3.63, 3.8) is 0 Å². The molecule has 0 N–H and O–H groups in total. The van der Waals surface area contributed by atoms with Crippen LogP contribution in [0.2, 0.25) is 0 Å². The molecule has 12 heterocycles. The summed E-state index contributed by atoms with van der Waals surface area (Å²) in [4.78, 5) is 28.9. The summed E-state index contributed by atoms with van der Waals surface area (Å²) in [5, 5.41) is 0. The zero-order valence-corrected chi connectivity index (χ0v) is 52.1. The quantitative estimate of drug-likeness (QED) is 0.256. The molecule has 74 heavy (non-hydrogen) atoms. The average Bonchev–Trinajstić information content (AvgIpc) is 3.92. The summed E-state index contributed by atoms with van der Waals surface area (Å²) in [7, 11) is 11.4. The van der Waals surface area contributed by atoms with Gasteiger partial charge in [0.2, 0.25) is 0 Å². The van der Waals surface area contributed by atoms with Crippen molar-refractivity contribution < 1.29 is 0 Å². The molecule has 12 aliphatic heterocycles. The molecular weight excluding hydrogens is 911 g/mol. The Labute approximate surface area is 460 Å². The fraction of sp³-hybridized carbons (Fsp3) is 1.00. The first kappa shape index (κ1) is 61.2. The lowest BCUT2D eigenvalue weighted by molar-refractivity contribution is 0.0566. The predicted molar refractivity (Wildman–Crippen MR) is 318 cm³/mol. The van der Waals surface area contributed by atoms with Crippen molar-refractivity contribution in [3.05, 3.63) is 0 Å². The van der Waals surface area contributed by atoms with Gasteiger partial charge in [-0.25, -0.2) is 0 Å². The molecule has 0 aromatic heterocycles. The fourth-order valence-electron chi connectivity index (χ4n) is 17.4. The van der Waals surface area contributed by atoms with Gasteiger partial charge in [-0.3, -0.25) is 39.2 Å². The highest BCUT2D eigenvalue weighted by Gasteiger charge is 2.42. The second-order valence-electron chi connectivity index (χ2n) is 28.6.